The summed E-state index contributed by atoms with van der Waals surface area (Å²) >= 11 is 0. The number of amides is 1. The molecule has 28 heavy (non-hydrogen) atoms. The molecule has 1 aliphatic heterocycles. The van der Waals surface area contributed by atoms with E-state index in [9.17, 15) is 19.1 Å². The number of pyridine rings is 1. The predicted molar refractivity (Wildman–Crippen MR) is 102 cm³/mol. The zero-order valence-electron chi connectivity index (χ0n) is 14.6. The average molecular weight is 374 g/mol. The number of carbonyl (C=O) groups excluding carboxylic acids is 2. The highest BCUT2D eigenvalue weighted by atomic mass is 19.1. The lowest BCUT2D eigenvalue weighted by molar-refractivity contribution is -0.132. The van der Waals surface area contributed by atoms with Crippen LogP contribution in [0.25, 0.3) is 5.76 Å². The van der Waals surface area contributed by atoms with Crippen molar-refractivity contribution in [1.29, 1.82) is 0 Å². The fraction of sp³-hybridized carbons (Fsp3) is 0.0455. The van der Waals surface area contributed by atoms with Gasteiger partial charge in [-0.3, -0.25) is 19.5 Å². The molecule has 4 rings (SSSR count). The van der Waals surface area contributed by atoms with Crippen LogP contribution < -0.4 is 4.90 Å². The number of aliphatic hydroxyl groups excluding tert-OH is 1. The summed E-state index contributed by atoms with van der Waals surface area (Å²) in [5.41, 5.74) is 0.480. The molecule has 0 spiro atoms. The molecule has 2 heterocycles. The highest BCUT2D eigenvalue weighted by Gasteiger charge is 2.47. The number of rotatable bonds is 3. The van der Waals surface area contributed by atoms with Gasteiger partial charge >= 0.3 is 0 Å². The van der Waals surface area contributed by atoms with Gasteiger partial charge in [0, 0.05) is 17.4 Å². The second-order valence-electron chi connectivity index (χ2n) is 6.24. The molecular weight excluding hydrogens is 359 g/mol. The normalized spacial score (nSPS) is 18.5. The minimum atomic E-state index is -1.11. The summed E-state index contributed by atoms with van der Waals surface area (Å²) in [6.45, 7) is 0. The van der Waals surface area contributed by atoms with Crippen LogP contribution in [-0.2, 0) is 9.59 Å². The summed E-state index contributed by atoms with van der Waals surface area (Å²) in [7, 11) is 0. The molecule has 0 bridgehead atoms. The van der Waals surface area contributed by atoms with E-state index in [1.165, 1.54) is 35.4 Å². The number of ketones is 1. The molecule has 1 atom stereocenters. The number of hydrogen-bond acceptors (Lipinski definition) is 4. The maximum Gasteiger partial charge on any atom is 0.300 e. The quantitative estimate of drug-likeness (QED) is 0.430. The van der Waals surface area contributed by atoms with Crippen molar-refractivity contribution in [3.05, 3.63) is 102 Å². The van der Waals surface area contributed by atoms with Crippen molar-refractivity contribution in [2.75, 3.05) is 4.90 Å². The fourth-order valence-electron chi connectivity index (χ4n) is 3.32. The molecule has 6 heteroatoms. The topological polar surface area (TPSA) is 70.5 Å². The summed E-state index contributed by atoms with van der Waals surface area (Å²) in [5, 5.41) is 10.8. The Labute approximate surface area is 160 Å². The van der Waals surface area contributed by atoms with E-state index in [0.717, 1.165) is 0 Å². The fourth-order valence-corrected chi connectivity index (χ4v) is 3.32. The largest absolute Gasteiger partial charge is 0.505 e. The highest BCUT2D eigenvalue weighted by molar-refractivity contribution is 6.51. The van der Waals surface area contributed by atoms with Crippen LogP contribution in [0.4, 0.5) is 10.1 Å². The van der Waals surface area contributed by atoms with Crippen LogP contribution in [0.3, 0.4) is 0 Å². The first-order valence-electron chi connectivity index (χ1n) is 8.61. The number of halogens is 1. The summed E-state index contributed by atoms with van der Waals surface area (Å²) in [6, 6.07) is 18.1. The summed E-state index contributed by atoms with van der Waals surface area (Å²) < 4.78 is 14.7. The Morgan fingerprint density at radius 3 is 2.29 bits per heavy atom. The third-order valence-electron chi connectivity index (χ3n) is 4.59. The van der Waals surface area contributed by atoms with Crippen molar-refractivity contribution in [3.8, 4) is 0 Å². The van der Waals surface area contributed by atoms with Crippen LogP contribution >= 0.6 is 0 Å². The molecule has 1 saturated heterocycles. The van der Waals surface area contributed by atoms with Crippen LogP contribution in [0.5, 0.6) is 0 Å². The molecule has 2 aromatic carbocycles. The number of carbonyl (C=O) groups is 2. The van der Waals surface area contributed by atoms with Crippen LogP contribution in [-0.4, -0.2) is 21.8 Å². The average Bonchev–Trinajstić information content (AvgIpc) is 3.00. The minimum absolute atomic E-state index is 0.114. The molecular formula is C22H15FN2O3. The van der Waals surface area contributed by atoms with Crippen LogP contribution in [0.1, 0.15) is 17.3 Å². The smallest absolute Gasteiger partial charge is 0.300 e. The lowest BCUT2D eigenvalue weighted by atomic mass is 9.96. The number of aliphatic hydroxyl groups is 1. The molecule has 1 fully saturated rings. The van der Waals surface area contributed by atoms with Crippen LogP contribution in [0.15, 0.2) is 84.6 Å². The summed E-state index contributed by atoms with van der Waals surface area (Å²) in [6.07, 6.45) is 1.46. The van der Waals surface area contributed by atoms with E-state index < -0.39 is 29.3 Å². The molecule has 3 aromatic rings. The van der Waals surface area contributed by atoms with Crippen molar-refractivity contribution in [2.45, 2.75) is 6.04 Å². The molecule has 0 aliphatic carbocycles. The molecule has 0 saturated carbocycles. The van der Waals surface area contributed by atoms with E-state index in [1.807, 2.05) is 0 Å². The van der Waals surface area contributed by atoms with Gasteiger partial charge in [-0.1, -0.05) is 42.5 Å². The van der Waals surface area contributed by atoms with E-state index in [1.54, 1.807) is 48.5 Å². The predicted octanol–water partition coefficient (Wildman–Crippen LogP) is 3.85. The summed E-state index contributed by atoms with van der Waals surface area (Å²) in [4.78, 5) is 30.9. The second kappa shape index (κ2) is 7.08. The van der Waals surface area contributed by atoms with Crippen molar-refractivity contribution in [2.24, 2.45) is 0 Å². The maximum absolute atomic E-state index is 14.7. The first-order valence-corrected chi connectivity index (χ1v) is 8.61. The maximum atomic E-state index is 14.7. The van der Waals surface area contributed by atoms with Crippen LogP contribution in [0.2, 0.25) is 0 Å². The van der Waals surface area contributed by atoms with Crippen molar-refractivity contribution in [1.82, 2.24) is 4.98 Å². The Morgan fingerprint density at radius 2 is 1.61 bits per heavy atom. The van der Waals surface area contributed by atoms with Gasteiger partial charge in [-0.05, 0) is 30.3 Å². The van der Waals surface area contributed by atoms with Crippen LogP contribution in [0, 0.1) is 5.82 Å². The minimum Gasteiger partial charge on any atom is -0.505 e. The highest BCUT2D eigenvalue weighted by Crippen LogP contribution is 2.42. The van der Waals surface area contributed by atoms with Gasteiger partial charge in [-0.2, -0.15) is 0 Å². The van der Waals surface area contributed by atoms with Crippen molar-refractivity contribution in [3.63, 3.8) is 0 Å². The Kier molecular flexibility index (Phi) is 4.45. The molecule has 1 aliphatic rings. The van der Waals surface area contributed by atoms with E-state index in [2.05, 4.69) is 4.98 Å². The van der Waals surface area contributed by atoms with Gasteiger partial charge in [0.05, 0.1) is 11.6 Å². The zero-order chi connectivity index (χ0) is 19.7. The van der Waals surface area contributed by atoms with Gasteiger partial charge in [0.15, 0.2) is 5.76 Å². The summed E-state index contributed by atoms with van der Waals surface area (Å²) in [5.74, 6) is -2.75. The van der Waals surface area contributed by atoms with Crippen molar-refractivity contribution < 1.29 is 19.1 Å². The number of anilines is 1. The van der Waals surface area contributed by atoms with Gasteiger partial charge < -0.3 is 5.11 Å². The monoisotopic (exact) mass is 374 g/mol. The Bertz CT molecular complexity index is 1080. The number of benzene rings is 2. The van der Waals surface area contributed by atoms with E-state index in [0.29, 0.717) is 5.69 Å². The Morgan fingerprint density at radius 1 is 0.929 bits per heavy atom. The zero-order valence-corrected chi connectivity index (χ0v) is 14.6. The molecule has 1 amide bonds. The number of para-hydroxylation sites is 1. The van der Waals surface area contributed by atoms with E-state index in [-0.39, 0.29) is 16.8 Å². The number of Topliss-reactive ketones (excluding diaryl/α,β-unsaturated/α-hetero) is 1. The molecule has 138 valence electrons. The molecule has 5 nitrogen and oxygen atoms in total. The number of nitrogens with zero attached hydrogens (tertiary/aromatic N) is 2. The van der Waals surface area contributed by atoms with Gasteiger partial charge in [0.1, 0.15) is 11.5 Å². The Balaban J connectivity index is 1.98. The first kappa shape index (κ1) is 17.6. The lowest BCUT2D eigenvalue weighted by Gasteiger charge is -2.25. The molecule has 1 N–H and O–H groups in total. The number of aromatic nitrogens is 1. The van der Waals surface area contributed by atoms with Gasteiger partial charge in [0.25, 0.3) is 11.7 Å². The van der Waals surface area contributed by atoms with Gasteiger partial charge in [-0.15, -0.1) is 0 Å². The third-order valence-corrected chi connectivity index (χ3v) is 4.59. The van der Waals surface area contributed by atoms with Gasteiger partial charge in [0.2, 0.25) is 0 Å². The van der Waals surface area contributed by atoms with Gasteiger partial charge in [-0.25, -0.2) is 4.39 Å². The van der Waals surface area contributed by atoms with E-state index in [4.69, 9.17) is 0 Å². The lowest BCUT2D eigenvalue weighted by Crippen LogP contribution is -2.29. The molecule has 1 unspecified atom stereocenters. The molecule has 1 aromatic heterocycles. The number of hydrogen-bond donors (Lipinski definition) is 1. The Hall–Kier alpha value is -3.80. The van der Waals surface area contributed by atoms with E-state index >= 15 is 0 Å². The molecule has 0 radical (unpaired) electrons. The second-order valence-corrected chi connectivity index (χ2v) is 6.24. The third kappa shape index (κ3) is 2.85. The SMILES string of the molecule is O=C1C(=O)N(c2ccccc2)C(c2ccccc2F)C1=C(O)c1ccccn1. The standard InChI is InChI=1S/C22H15FN2O3/c23-16-11-5-4-10-15(16)19-18(20(26)17-12-6-7-13-24-17)21(27)22(28)25(19)14-8-2-1-3-9-14/h1-13,19,26H. The van der Waals surface area contributed by atoms with Crippen molar-refractivity contribution >= 4 is 23.1 Å². The first-order chi connectivity index (χ1) is 13.6.